The lowest BCUT2D eigenvalue weighted by Gasteiger charge is -2.02. The van der Waals surface area contributed by atoms with Gasteiger partial charge in [-0.05, 0) is 6.08 Å². The van der Waals surface area contributed by atoms with Crippen LogP contribution in [0.1, 0.15) is 6.42 Å². The summed E-state index contributed by atoms with van der Waals surface area (Å²) in [6, 6.07) is 0. The molecule has 0 bridgehead atoms. The molecule has 0 spiro atoms. The quantitative estimate of drug-likeness (QED) is 0.518. The van der Waals surface area contributed by atoms with Gasteiger partial charge >= 0.3 is 6.18 Å². The van der Waals surface area contributed by atoms with E-state index in [1.54, 1.807) is 6.08 Å². The Morgan fingerprint density at radius 3 is 2.31 bits per heavy atom. The van der Waals surface area contributed by atoms with E-state index >= 15 is 0 Å². The van der Waals surface area contributed by atoms with E-state index < -0.39 is 18.3 Å². The zero-order valence-electron chi connectivity index (χ0n) is 6.93. The third-order valence-electron chi connectivity index (χ3n) is 1.05. The summed E-state index contributed by atoms with van der Waals surface area (Å²) < 4.78 is 35.0. The van der Waals surface area contributed by atoms with Gasteiger partial charge in [0.2, 0.25) is 0 Å². The van der Waals surface area contributed by atoms with E-state index in [4.69, 9.17) is 5.41 Å². The summed E-state index contributed by atoms with van der Waals surface area (Å²) in [5.41, 5.74) is -0.457. The van der Waals surface area contributed by atoms with Crippen LogP contribution < -0.4 is 0 Å². The van der Waals surface area contributed by atoms with Crippen LogP contribution >= 0.6 is 0 Å². The summed E-state index contributed by atoms with van der Waals surface area (Å²) in [7, 11) is 0. The van der Waals surface area contributed by atoms with E-state index in [0.717, 1.165) is 6.08 Å². The second-order valence-corrected chi connectivity index (χ2v) is 2.30. The summed E-state index contributed by atoms with van der Waals surface area (Å²) in [6.45, 7) is 3.38. The zero-order chi connectivity index (χ0) is 10.3. The molecule has 0 aliphatic heterocycles. The van der Waals surface area contributed by atoms with Crippen molar-refractivity contribution in [2.24, 2.45) is 0 Å². The lowest BCUT2D eigenvalue weighted by atomic mass is 10.2. The minimum atomic E-state index is -4.30. The van der Waals surface area contributed by atoms with Crippen molar-refractivity contribution >= 4 is 5.71 Å². The summed E-state index contributed by atoms with van der Waals surface area (Å²) in [6.07, 6.45) is 1.56. The first-order valence-electron chi connectivity index (χ1n) is 3.55. The molecule has 0 aromatic carbocycles. The maximum atomic E-state index is 11.7. The highest BCUT2D eigenvalue weighted by Crippen LogP contribution is 2.19. The molecule has 0 aromatic heterocycles. The molecule has 4 heteroatoms. The standard InChI is InChI=1S/C9H10F3N/c1-2-3-4-5-6-8(13)7-9(10,11)12/h2-6,13H,1,7H2/b4-3+,6-5-,13-8?. The van der Waals surface area contributed by atoms with Gasteiger partial charge in [-0.15, -0.1) is 0 Å². The van der Waals surface area contributed by atoms with E-state index in [1.807, 2.05) is 0 Å². The Morgan fingerprint density at radius 1 is 1.23 bits per heavy atom. The molecule has 0 heterocycles. The summed E-state index contributed by atoms with van der Waals surface area (Å²) in [5.74, 6) is 0. The van der Waals surface area contributed by atoms with Crippen LogP contribution in [0.2, 0.25) is 0 Å². The molecule has 13 heavy (non-hydrogen) atoms. The van der Waals surface area contributed by atoms with Crippen LogP contribution in [0.4, 0.5) is 13.2 Å². The Labute approximate surface area is 74.8 Å². The number of nitrogens with one attached hydrogen (secondary N) is 1. The fourth-order valence-corrected chi connectivity index (χ4v) is 0.589. The second kappa shape index (κ2) is 5.35. The topological polar surface area (TPSA) is 23.9 Å². The average Bonchev–Trinajstić information content (AvgIpc) is 1.94. The van der Waals surface area contributed by atoms with Crippen molar-refractivity contribution in [2.75, 3.05) is 0 Å². The Hall–Kier alpha value is -1.32. The van der Waals surface area contributed by atoms with Crippen molar-refractivity contribution < 1.29 is 13.2 Å². The smallest absolute Gasteiger partial charge is 0.305 e. The number of alkyl halides is 3. The second-order valence-electron chi connectivity index (χ2n) is 2.30. The van der Waals surface area contributed by atoms with Crippen molar-refractivity contribution in [3.05, 3.63) is 37.0 Å². The molecule has 0 radical (unpaired) electrons. The van der Waals surface area contributed by atoms with E-state index in [-0.39, 0.29) is 0 Å². The Kier molecular flexibility index (Phi) is 4.80. The van der Waals surface area contributed by atoms with Gasteiger partial charge in [-0.3, -0.25) is 0 Å². The van der Waals surface area contributed by atoms with Crippen LogP contribution in [-0.2, 0) is 0 Å². The fourth-order valence-electron chi connectivity index (χ4n) is 0.589. The van der Waals surface area contributed by atoms with E-state index in [2.05, 4.69) is 6.58 Å². The molecule has 0 aromatic rings. The van der Waals surface area contributed by atoms with Crippen molar-refractivity contribution in [3.8, 4) is 0 Å². The van der Waals surface area contributed by atoms with E-state index in [1.165, 1.54) is 18.2 Å². The molecule has 1 nitrogen and oxygen atoms in total. The van der Waals surface area contributed by atoms with Crippen LogP contribution in [0.3, 0.4) is 0 Å². The summed E-state index contributed by atoms with van der Waals surface area (Å²) >= 11 is 0. The number of hydrogen-bond acceptors (Lipinski definition) is 1. The minimum Gasteiger partial charge on any atom is -0.305 e. The van der Waals surface area contributed by atoms with Crippen LogP contribution in [0.25, 0.3) is 0 Å². The van der Waals surface area contributed by atoms with Crippen molar-refractivity contribution in [2.45, 2.75) is 12.6 Å². The molecule has 0 rings (SSSR count). The first kappa shape index (κ1) is 11.7. The van der Waals surface area contributed by atoms with Crippen LogP contribution in [0.5, 0.6) is 0 Å². The maximum Gasteiger partial charge on any atom is 0.394 e. The first-order valence-corrected chi connectivity index (χ1v) is 3.55. The average molecular weight is 189 g/mol. The predicted octanol–water partition coefficient (Wildman–Crippen LogP) is 3.26. The lowest BCUT2D eigenvalue weighted by molar-refractivity contribution is -0.121. The molecule has 0 fully saturated rings. The maximum absolute atomic E-state index is 11.7. The third-order valence-corrected chi connectivity index (χ3v) is 1.05. The lowest BCUT2D eigenvalue weighted by Crippen LogP contribution is -2.12. The van der Waals surface area contributed by atoms with Gasteiger partial charge in [-0.25, -0.2) is 0 Å². The van der Waals surface area contributed by atoms with Gasteiger partial charge in [-0.2, -0.15) is 13.2 Å². The molecule has 0 saturated carbocycles. The zero-order valence-corrected chi connectivity index (χ0v) is 6.93. The van der Waals surface area contributed by atoms with Gasteiger partial charge in [0, 0.05) is 5.71 Å². The number of halogens is 3. The SMILES string of the molecule is C=C/C=C/C=C\C(=N)CC(F)(F)F. The Balaban J connectivity index is 3.94. The number of rotatable bonds is 4. The molecule has 0 unspecified atom stereocenters. The van der Waals surface area contributed by atoms with Gasteiger partial charge in [0.1, 0.15) is 0 Å². The van der Waals surface area contributed by atoms with Crippen molar-refractivity contribution in [1.82, 2.24) is 0 Å². The van der Waals surface area contributed by atoms with Crippen molar-refractivity contribution in [1.29, 1.82) is 5.41 Å². The van der Waals surface area contributed by atoms with Crippen LogP contribution in [0.15, 0.2) is 37.0 Å². The third kappa shape index (κ3) is 8.59. The predicted molar refractivity (Wildman–Crippen MR) is 46.9 cm³/mol. The van der Waals surface area contributed by atoms with Gasteiger partial charge < -0.3 is 5.41 Å². The Morgan fingerprint density at radius 2 is 1.85 bits per heavy atom. The molecule has 0 aliphatic carbocycles. The molecule has 72 valence electrons. The van der Waals surface area contributed by atoms with Crippen LogP contribution in [-0.4, -0.2) is 11.9 Å². The molecule has 0 aliphatic rings. The summed E-state index contributed by atoms with van der Waals surface area (Å²) in [4.78, 5) is 0. The summed E-state index contributed by atoms with van der Waals surface area (Å²) in [5, 5.41) is 6.91. The highest BCUT2D eigenvalue weighted by atomic mass is 19.4. The number of allylic oxidation sites excluding steroid dienone is 5. The molecule has 0 amide bonds. The van der Waals surface area contributed by atoms with Gasteiger partial charge in [0.25, 0.3) is 0 Å². The minimum absolute atomic E-state index is 0.457. The molecule has 1 N–H and O–H groups in total. The first-order chi connectivity index (χ1) is 5.95. The monoisotopic (exact) mass is 189 g/mol. The highest BCUT2D eigenvalue weighted by molar-refractivity contribution is 5.92. The van der Waals surface area contributed by atoms with Gasteiger partial charge in [-0.1, -0.05) is 30.9 Å². The molecular weight excluding hydrogens is 179 g/mol. The normalized spacial score (nSPS) is 12.5. The fraction of sp³-hybridized carbons (Fsp3) is 0.222. The van der Waals surface area contributed by atoms with E-state index in [0.29, 0.717) is 0 Å². The highest BCUT2D eigenvalue weighted by Gasteiger charge is 2.28. The Bertz CT molecular complexity index is 236. The van der Waals surface area contributed by atoms with Crippen molar-refractivity contribution in [3.63, 3.8) is 0 Å². The van der Waals surface area contributed by atoms with Crippen LogP contribution in [0, 0.1) is 5.41 Å². The van der Waals surface area contributed by atoms with E-state index in [9.17, 15) is 13.2 Å². The molecule has 0 saturated heterocycles. The number of hydrogen-bond donors (Lipinski definition) is 1. The van der Waals surface area contributed by atoms with Gasteiger partial charge in [0.05, 0.1) is 6.42 Å². The molecular formula is C9H10F3N. The van der Waals surface area contributed by atoms with Gasteiger partial charge in [0.15, 0.2) is 0 Å². The molecule has 0 atom stereocenters. The largest absolute Gasteiger partial charge is 0.394 e.